The maximum atomic E-state index is 13.5. The zero-order chi connectivity index (χ0) is 31.4. The molecule has 44 heavy (non-hydrogen) atoms. The van der Waals surface area contributed by atoms with Crippen LogP contribution in [0.3, 0.4) is 0 Å². The van der Waals surface area contributed by atoms with Gasteiger partial charge in [0.05, 0.1) is 5.70 Å². The number of nitrogens with two attached hydrogens (primary N) is 1. The fourth-order valence-corrected chi connectivity index (χ4v) is 6.20. The molecule has 17 nitrogen and oxygen atoms in total. The normalized spacial score (nSPS) is 18.5. The van der Waals surface area contributed by atoms with Gasteiger partial charge in [-0.2, -0.15) is 5.21 Å². The molecule has 0 spiro atoms. The highest BCUT2D eigenvalue weighted by atomic mass is 32.2. The number of aromatic nitrogens is 6. The predicted octanol–water partition coefficient (Wildman–Crippen LogP) is -0.747. The number of hydrogen-bond acceptors (Lipinski definition) is 14. The van der Waals surface area contributed by atoms with Crippen LogP contribution >= 0.6 is 23.1 Å². The molecule has 5 heterocycles. The van der Waals surface area contributed by atoms with Gasteiger partial charge >= 0.3 is 5.97 Å². The number of rotatable bonds is 13. The van der Waals surface area contributed by atoms with Crippen molar-refractivity contribution < 1.29 is 28.9 Å². The number of carboxylic acid groups (broad SMARTS) is 1. The Balaban J connectivity index is 1.35. The van der Waals surface area contributed by atoms with Crippen LogP contribution in [0.15, 0.2) is 40.6 Å². The SMILES string of the molecule is CNCCNc1cc[n+](CC2=C(c3nn[nH]n3)N3C(=O)[C@@H](NC(=O)/C(=N\OC(C)(C)C(=O)O)c4csc(N)n4)[C@H]3SC2)cc1. The monoisotopic (exact) mass is 643 g/mol. The summed E-state index contributed by atoms with van der Waals surface area (Å²) in [5.41, 5.74) is 6.20. The molecule has 0 aromatic carbocycles. The van der Waals surface area contributed by atoms with Crippen LogP contribution < -0.4 is 26.3 Å². The van der Waals surface area contributed by atoms with E-state index in [9.17, 15) is 19.5 Å². The molecule has 2 aliphatic heterocycles. The smallest absolute Gasteiger partial charge is 0.350 e. The summed E-state index contributed by atoms with van der Waals surface area (Å²) in [5, 5.41) is 37.9. The number of nitrogen functional groups attached to an aromatic ring is 1. The highest BCUT2D eigenvalue weighted by Crippen LogP contribution is 2.43. The van der Waals surface area contributed by atoms with E-state index >= 15 is 0 Å². The zero-order valence-corrected chi connectivity index (χ0v) is 25.6. The van der Waals surface area contributed by atoms with Crippen LogP contribution in [0.5, 0.6) is 0 Å². The Morgan fingerprint density at radius 3 is 2.73 bits per heavy atom. The van der Waals surface area contributed by atoms with E-state index < -0.39 is 28.9 Å². The van der Waals surface area contributed by atoms with E-state index in [1.807, 2.05) is 36.1 Å². The molecule has 5 rings (SSSR count). The second-order valence-electron chi connectivity index (χ2n) is 10.3. The molecule has 1 fully saturated rings. The van der Waals surface area contributed by atoms with Crippen molar-refractivity contribution in [2.75, 3.05) is 36.9 Å². The van der Waals surface area contributed by atoms with E-state index in [-0.39, 0.29) is 28.3 Å². The van der Waals surface area contributed by atoms with Gasteiger partial charge in [-0.15, -0.1) is 33.3 Å². The van der Waals surface area contributed by atoms with Crippen molar-refractivity contribution in [3.8, 4) is 0 Å². The Hall–Kier alpha value is -4.62. The number of likely N-dealkylation sites (N-methyl/N-ethyl adjacent to an activating group) is 1. The number of carboxylic acids is 1. The number of carbonyl (C=O) groups excluding carboxylic acids is 2. The fourth-order valence-electron chi connectivity index (χ4n) is 4.32. The number of anilines is 2. The molecule has 2 atom stereocenters. The summed E-state index contributed by atoms with van der Waals surface area (Å²) in [4.78, 5) is 49.3. The summed E-state index contributed by atoms with van der Waals surface area (Å²) in [6.45, 7) is 4.67. The van der Waals surface area contributed by atoms with Gasteiger partial charge in [0.15, 0.2) is 29.8 Å². The maximum absolute atomic E-state index is 13.5. The van der Waals surface area contributed by atoms with E-state index in [1.54, 1.807) is 4.90 Å². The number of fused-ring (bicyclic) bond motifs is 1. The van der Waals surface area contributed by atoms with Gasteiger partial charge in [0.25, 0.3) is 11.8 Å². The number of H-pyrrole nitrogens is 1. The Morgan fingerprint density at radius 1 is 1.32 bits per heavy atom. The molecule has 0 radical (unpaired) electrons. The number of nitrogens with zero attached hydrogens (tertiary/aromatic N) is 7. The largest absolute Gasteiger partial charge is 0.478 e. The standard InChI is InChI=1S/C25H30N12O5S2/c1-25(2,23(40)41)42-33-16(15-12-44-24(26)29-15)20(38)30-17-21(39)37-18(19-31-34-35-32-19)13(11-43-22(17)37)10-36-8-4-14(5-9-36)28-7-6-27-3/h4-5,8-9,12,17,22,27H,6-7,10-11H2,1-3H3,(H5,26,29,30,31,32,34,35,38,40,41)/p+1/b33-16-/t17-,22-/m1/s1. The molecule has 0 saturated carbocycles. The van der Waals surface area contributed by atoms with Crippen molar-refractivity contribution in [1.29, 1.82) is 0 Å². The van der Waals surface area contributed by atoms with Crippen molar-refractivity contribution >= 4 is 63.1 Å². The Kier molecular flexibility index (Phi) is 9.06. The summed E-state index contributed by atoms with van der Waals surface area (Å²) in [5.74, 6) is -1.65. The molecule has 1 saturated heterocycles. The van der Waals surface area contributed by atoms with E-state index in [1.165, 1.54) is 31.0 Å². The number of aromatic amines is 1. The molecular weight excluding hydrogens is 612 g/mol. The highest BCUT2D eigenvalue weighted by Gasteiger charge is 2.54. The maximum Gasteiger partial charge on any atom is 0.350 e. The fraction of sp³-hybridized carbons (Fsp3) is 0.400. The third-order valence-electron chi connectivity index (χ3n) is 6.72. The number of nitrogens with one attached hydrogen (secondary N) is 4. The van der Waals surface area contributed by atoms with Crippen LogP contribution in [-0.2, 0) is 25.8 Å². The van der Waals surface area contributed by atoms with Crippen molar-refractivity contribution in [3.63, 3.8) is 0 Å². The molecule has 2 amide bonds. The number of pyridine rings is 1. The van der Waals surface area contributed by atoms with Gasteiger partial charge in [0, 0.05) is 47.6 Å². The van der Waals surface area contributed by atoms with Gasteiger partial charge in [-0.05, 0) is 26.1 Å². The number of tetrazole rings is 1. The third kappa shape index (κ3) is 6.48. The van der Waals surface area contributed by atoms with E-state index in [4.69, 9.17) is 10.6 Å². The third-order valence-corrected chi connectivity index (χ3v) is 8.73. The van der Waals surface area contributed by atoms with Crippen molar-refractivity contribution in [1.82, 2.24) is 41.1 Å². The summed E-state index contributed by atoms with van der Waals surface area (Å²) in [6.07, 6.45) is 3.89. The van der Waals surface area contributed by atoms with Gasteiger partial charge in [-0.1, -0.05) is 5.16 Å². The second-order valence-corrected chi connectivity index (χ2v) is 12.3. The van der Waals surface area contributed by atoms with Crippen molar-refractivity contribution in [2.45, 2.75) is 37.4 Å². The van der Waals surface area contributed by atoms with E-state index in [0.29, 0.717) is 18.0 Å². The number of carbonyl (C=O) groups is 3. The molecule has 0 bridgehead atoms. The Morgan fingerprint density at radius 2 is 2.09 bits per heavy atom. The Labute approximate surface area is 259 Å². The lowest BCUT2D eigenvalue weighted by atomic mass is 10.0. The summed E-state index contributed by atoms with van der Waals surface area (Å²) >= 11 is 2.55. The van der Waals surface area contributed by atoms with Gasteiger partial charge in [-0.25, -0.2) is 14.3 Å². The van der Waals surface area contributed by atoms with Gasteiger partial charge in [-0.3, -0.25) is 14.5 Å². The lowest BCUT2D eigenvalue weighted by molar-refractivity contribution is -0.688. The number of amides is 2. The van der Waals surface area contributed by atoms with Gasteiger partial charge in [0.1, 0.15) is 17.1 Å². The van der Waals surface area contributed by atoms with E-state index in [2.05, 4.69) is 46.7 Å². The number of thioether (sulfide) groups is 1. The average Bonchev–Trinajstić information content (AvgIpc) is 3.69. The van der Waals surface area contributed by atoms with Crippen LogP contribution in [0.1, 0.15) is 25.4 Å². The minimum absolute atomic E-state index is 0.0843. The Bertz CT molecular complexity index is 1590. The van der Waals surface area contributed by atoms with Crippen LogP contribution in [0.2, 0.25) is 0 Å². The molecule has 3 aromatic heterocycles. The molecule has 2 aliphatic rings. The van der Waals surface area contributed by atoms with Crippen LogP contribution in [-0.4, -0.2) is 102 Å². The molecule has 232 valence electrons. The predicted molar refractivity (Wildman–Crippen MR) is 161 cm³/mol. The first kappa shape index (κ1) is 30.8. The lowest BCUT2D eigenvalue weighted by Gasteiger charge is -2.49. The second kappa shape index (κ2) is 12.9. The molecule has 7 N–H and O–H groups in total. The molecule has 19 heteroatoms. The lowest BCUT2D eigenvalue weighted by Crippen LogP contribution is -2.70. The minimum Gasteiger partial charge on any atom is -0.478 e. The van der Waals surface area contributed by atoms with Crippen molar-refractivity contribution in [2.24, 2.45) is 5.16 Å². The van der Waals surface area contributed by atoms with E-state index in [0.717, 1.165) is 35.7 Å². The highest BCUT2D eigenvalue weighted by molar-refractivity contribution is 8.00. The summed E-state index contributed by atoms with van der Waals surface area (Å²) in [6, 6.07) is 3.03. The average molecular weight is 644 g/mol. The molecule has 3 aromatic rings. The first-order valence-corrected chi connectivity index (χ1v) is 15.3. The van der Waals surface area contributed by atoms with Crippen LogP contribution in [0.25, 0.3) is 5.70 Å². The summed E-state index contributed by atoms with van der Waals surface area (Å²) < 4.78 is 1.99. The number of β-lactam (4-membered cyclic amide) rings is 1. The zero-order valence-electron chi connectivity index (χ0n) is 24.0. The molecule has 0 aliphatic carbocycles. The number of aliphatic carboxylic acids is 1. The number of thiazole rings is 1. The summed E-state index contributed by atoms with van der Waals surface area (Å²) in [7, 11) is 1.90. The van der Waals surface area contributed by atoms with Crippen LogP contribution in [0.4, 0.5) is 10.8 Å². The van der Waals surface area contributed by atoms with Crippen molar-refractivity contribution in [3.05, 3.63) is 47.0 Å². The van der Waals surface area contributed by atoms with Gasteiger partial charge < -0.3 is 31.6 Å². The molecular formula is C25H31N12O5S2+. The topological polar surface area (TPSA) is 230 Å². The van der Waals surface area contributed by atoms with Gasteiger partial charge in [0.2, 0.25) is 11.4 Å². The number of oxime groups is 1. The minimum atomic E-state index is -1.72. The first-order chi connectivity index (χ1) is 21.1. The molecule has 0 unspecified atom stereocenters. The van der Waals surface area contributed by atoms with Crippen LogP contribution in [0, 0.1) is 0 Å². The quantitative estimate of drug-likeness (QED) is 0.0443. The first-order valence-electron chi connectivity index (χ1n) is 13.4. The number of hydrogen-bond donors (Lipinski definition) is 6.